The maximum absolute atomic E-state index is 13.5. The van der Waals surface area contributed by atoms with Gasteiger partial charge in [-0.2, -0.15) is 0 Å². The van der Waals surface area contributed by atoms with Gasteiger partial charge in [-0.15, -0.1) is 0 Å². The molecule has 1 rings (SSSR count). The molecule has 0 aliphatic carbocycles. The van der Waals surface area contributed by atoms with Crippen LogP contribution >= 0.6 is 0 Å². The summed E-state index contributed by atoms with van der Waals surface area (Å²) in [5.74, 6) is -1.95. The van der Waals surface area contributed by atoms with Crippen molar-refractivity contribution in [2.45, 2.75) is 6.92 Å². The van der Waals surface area contributed by atoms with Gasteiger partial charge in [-0.3, -0.25) is 4.79 Å². The minimum atomic E-state index is -0.907. The molecular formula is C12H13F2NO. The predicted octanol–water partition coefficient (Wildman–Crippen LogP) is 2.63. The molecule has 2 nitrogen and oxygen atoms in total. The first kappa shape index (κ1) is 12.4. The lowest BCUT2D eigenvalue weighted by Gasteiger charge is -2.16. The average molecular weight is 225 g/mol. The number of allylic oxidation sites excluding steroid dienone is 1. The molecule has 0 amide bonds. The lowest BCUT2D eigenvalue weighted by atomic mass is 10.1. The van der Waals surface area contributed by atoms with Gasteiger partial charge in [-0.25, -0.2) is 8.78 Å². The standard InChI is InChI=1S/C12H13F2NO/c1-8(16)4-5-9-6-7-10(13)11(14)12(9)15(2)3/h4-7H,1-3H3/b5-4+. The smallest absolute Gasteiger partial charge is 0.182 e. The van der Waals surface area contributed by atoms with E-state index in [1.165, 1.54) is 30.0 Å². The van der Waals surface area contributed by atoms with E-state index < -0.39 is 11.6 Å². The molecule has 0 spiro atoms. The van der Waals surface area contributed by atoms with E-state index in [1.807, 2.05) is 0 Å². The highest BCUT2D eigenvalue weighted by Crippen LogP contribution is 2.26. The Morgan fingerprint density at radius 3 is 2.44 bits per heavy atom. The Morgan fingerprint density at radius 2 is 1.94 bits per heavy atom. The average Bonchev–Trinajstić information content (AvgIpc) is 2.19. The molecule has 0 aliphatic heterocycles. The molecule has 16 heavy (non-hydrogen) atoms. The number of rotatable bonds is 3. The van der Waals surface area contributed by atoms with E-state index in [0.717, 1.165) is 6.07 Å². The van der Waals surface area contributed by atoms with Gasteiger partial charge in [0.15, 0.2) is 17.4 Å². The van der Waals surface area contributed by atoms with Gasteiger partial charge in [0.05, 0.1) is 5.69 Å². The number of halogens is 2. The second kappa shape index (κ2) is 4.88. The van der Waals surface area contributed by atoms with Crippen LogP contribution in [-0.4, -0.2) is 19.9 Å². The van der Waals surface area contributed by atoms with Crippen LogP contribution in [-0.2, 0) is 4.79 Å². The molecular weight excluding hydrogens is 212 g/mol. The molecule has 0 aliphatic rings. The van der Waals surface area contributed by atoms with Crippen molar-refractivity contribution in [1.29, 1.82) is 0 Å². The summed E-state index contributed by atoms with van der Waals surface area (Å²) < 4.78 is 26.5. The number of carbonyl (C=O) groups is 1. The third kappa shape index (κ3) is 2.66. The lowest BCUT2D eigenvalue weighted by Crippen LogP contribution is -2.13. The fourth-order valence-corrected chi connectivity index (χ4v) is 1.35. The molecule has 0 saturated carbocycles. The third-order valence-corrected chi connectivity index (χ3v) is 2.05. The fourth-order valence-electron chi connectivity index (χ4n) is 1.35. The van der Waals surface area contributed by atoms with Crippen molar-refractivity contribution in [3.8, 4) is 0 Å². The second-order valence-corrected chi connectivity index (χ2v) is 3.64. The zero-order chi connectivity index (χ0) is 12.3. The largest absolute Gasteiger partial charge is 0.375 e. The molecule has 0 N–H and O–H groups in total. The van der Waals surface area contributed by atoms with Crippen LogP contribution in [0.1, 0.15) is 12.5 Å². The van der Waals surface area contributed by atoms with Gasteiger partial charge in [0.2, 0.25) is 0 Å². The number of hydrogen-bond donors (Lipinski definition) is 0. The van der Waals surface area contributed by atoms with Gasteiger partial charge in [0.25, 0.3) is 0 Å². The first-order valence-corrected chi connectivity index (χ1v) is 4.77. The van der Waals surface area contributed by atoms with E-state index in [-0.39, 0.29) is 11.5 Å². The normalized spacial score (nSPS) is 10.8. The lowest BCUT2D eigenvalue weighted by molar-refractivity contribution is -0.112. The van der Waals surface area contributed by atoms with Crippen LogP contribution in [0.2, 0.25) is 0 Å². The summed E-state index contributed by atoms with van der Waals surface area (Å²) in [6, 6.07) is 2.48. The molecule has 0 bridgehead atoms. The highest BCUT2D eigenvalue weighted by atomic mass is 19.2. The van der Waals surface area contributed by atoms with Crippen molar-refractivity contribution in [2.24, 2.45) is 0 Å². The Kier molecular flexibility index (Phi) is 3.77. The minimum Gasteiger partial charge on any atom is -0.375 e. The quantitative estimate of drug-likeness (QED) is 0.737. The van der Waals surface area contributed by atoms with Crippen LogP contribution in [0.4, 0.5) is 14.5 Å². The van der Waals surface area contributed by atoms with Crippen LogP contribution in [0.5, 0.6) is 0 Å². The fraction of sp³-hybridized carbons (Fsp3) is 0.250. The van der Waals surface area contributed by atoms with Crippen molar-refractivity contribution >= 4 is 17.5 Å². The molecule has 86 valence electrons. The van der Waals surface area contributed by atoms with Crippen molar-refractivity contribution in [3.63, 3.8) is 0 Å². The number of hydrogen-bond acceptors (Lipinski definition) is 2. The highest BCUT2D eigenvalue weighted by Gasteiger charge is 2.13. The van der Waals surface area contributed by atoms with Crippen LogP contribution in [0.3, 0.4) is 0 Å². The number of carbonyl (C=O) groups excluding carboxylic acids is 1. The molecule has 1 aromatic rings. The Morgan fingerprint density at radius 1 is 1.31 bits per heavy atom. The molecule has 0 aromatic heterocycles. The number of nitrogens with zero attached hydrogens (tertiary/aromatic N) is 1. The number of anilines is 1. The molecule has 0 fully saturated rings. The zero-order valence-electron chi connectivity index (χ0n) is 9.42. The zero-order valence-corrected chi connectivity index (χ0v) is 9.42. The van der Waals surface area contributed by atoms with Crippen LogP contribution in [0.15, 0.2) is 18.2 Å². The number of ketones is 1. The summed E-state index contributed by atoms with van der Waals surface area (Å²) in [4.78, 5) is 12.3. The Labute approximate surface area is 93.2 Å². The minimum absolute atomic E-state index is 0.137. The molecule has 0 unspecified atom stereocenters. The summed E-state index contributed by atoms with van der Waals surface area (Å²) >= 11 is 0. The maximum Gasteiger partial charge on any atom is 0.182 e. The van der Waals surface area contributed by atoms with Gasteiger partial charge in [-0.1, -0.05) is 0 Å². The molecule has 0 saturated heterocycles. The van der Waals surface area contributed by atoms with E-state index in [4.69, 9.17) is 0 Å². The molecule has 4 heteroatoms. The monoisotopic (exact) mass is 225 g/mol. The van der Waals surface area contributed by atoms with Gasteiger partial charge >= 0.3 is 0 Å². The van der Waals surface area contributed by atoms with Crippen LogP contribution in [0, 0.1) is 11.6 Å². The van der Waals surface area contributed by atoms with E-state index >= 15 is 0 Å². The van der Waals surface area contributed by atoms with Crippen LogP contribution in [0.25, 0.3) is 6.08 Å². The first-order chi connectivity index (χ1) is 7.43. The third-order valence-electron chi connectivity index (χ3n) is 2.05. The Bertz CT molecular complexity index is 439. The molecule has 0 heterocycles. The van der Waals surface area contributed by atoms with Gasteiger partial charge in [0, 0.05) is 19.7 Å². The summed E-state index contributed by atoms with van der Waals surface area (Å²) in [5, 5.41) is 0. The van der Waals surface area contributed by atoms with Crippen molar-refractivity contribution in [2.75, 3.05) is 19.0 Å². The predicted molar refractivity (Wildman–Crippen MR) is 60.4 cm³/mol. The molecule has 1 aromatic carbocycles. The first-order valence-electron chi connectivity index (χ1n) is 4.77. The van der Waals surface area contributed by atoms with E-state index in [0.29, 0.717) is 5.56 Å². The molecule has 0 radical (unpaired) electrons. The summed E-state index contributed by atoms with van der Waals surface area (Å²) in [6.07, 6.45) is 2.79. The maximum atomic E-state index is 13.5. The van der Waals surface area contributed by atoms with E-state index in [9.17, 15) is 13.6 Å². The number of benzene rings is 1. The topological polar surface area (TPSA) is 20.3 Å². The second-order valence-electron chi connectivity index (χ2n) is 3.64. The van der Waals surface area contributed by atoms with Crippen molar-refractivity contribution in [3.05, 3.63) is 35.4 Å². The van der Waals surface area contributed by atoms with Gasteiger partial charge in [0.1, 0.15) is 0 Å². The summed E-state index contributed by atoms with van der Waals surface area (Å²) in [6.45, 7) is 1.39. The van der Waals surface area contributed by atoms with E-state index in [1.54, 1.807) is 14.1 Å². The summed E-state index contributed by atoms with van der Waals surface area (Å²) in [5.41, 5.74) is 0.608. The van der Waals surface area contributed by atoms with Gasteiger partial charge in [-0.05, 0) is 31.2 Å². The highest BCUT2D eigenvalue weighted by molar-refractivity contribution is 5.92. The van der Waals surface area contributed by atoms with Crippen LogP contribution < -0.4 is 4.90 Å². The van der Waals surface area contributed by atoms with E-state index in [2.05, 4.69) is 0 Å². The van der Waals surface area contributed by atoms with Crippen molar-refractivity contribution < 1.29 is 13.6 Å². The molecule has 0 atom stereocenters. The SMILES string of the molecule is CC(=O)/C=C/c1ccc(F)c(F)c1N(C)C. The van der Waals surface area contributed by atoms with Crippen molar-refractivity contribution in [1.82, 2.24) is 0 Å². The Hall–Kier alpha value is -1.71. The summed E-state index contributed by atoms with van der Waals surface area (Å²) in [7, 11) is 3.23. The Balaban J connectivity index is 3.29. The van der Waals surface area contributed by atoms with Gasteiger partial charge < -0.3 is 4.90 Å².